The van der Waals surface area contributed by atoms with Crippen LogP contribution in [0.5, 0.6) is 17.2 Å². The van der Waals surface area contributed by atoms with E-state index < -0.39 is 0 Å². The molecule has 2 aromatic rings. The van der Waals surface area contributed by atoms with Crippen molar-refractivity contribution in [3.05, 3.63) is 53.6 Å². The fourth-order valence-electron chi connectivity index (χ4n) is 1.88. The van der Waals surface area contributed by atoms with E-state index in [9.17, 15) is 4.79 Å². The molecule has 0 fully saturated rings. The summed E-state index contributed by atoms with van der Waals surface area (Å²) in [6.07, 6.45) is 1.52. The van der Waals surface area contributed by atoms with Crippen LogP contribution in [-0.2, 0) is 0 Å². The summed E-state index contributed by atoms with van der Waals surface area (Å²) in [4.78, 5) is 12.0. The summed E-state index contributed by atoms with van der Waals surface area (Å²) >= 11 is 0. The van der Waals surface area contributed by atoms with Gasteiger partial charge in [0.1, 0.15) is 17.2 Å². The van der Waals surface area contributed by atoms with E-state index in [4.69, 9.17) is 14.2 Å². The van der Waals surface area contributed by atoms with Gasteiger partial charge in [-0.15, -0.1) is 0 Å². The van der Waals surface area contributed by atoms with E-state index in [2.05, 4.69) is 10.5 Å². The van der Waals surface area contributed by atoms with Gasteiger partial charge in [0.15, 0.2) is 0 Å². The quantitative estimate of drug-likeness (QED) is 0.657. The van der Waals surface area contributed by atoms with Gasteiger partial charge >= 0.3 is 0 Å². The van der Waals surface area contributed by atoms with Crippen molar-refractivity contribution >= 4 is 12.1 Å². The molecule has 2 aromatic carbocycles. The van der Waals surface area contributed by atoms with E-state index in [0.717, 1.165) is 5.56 Å². The first-order valence-electron chi connectivity index (χ1n) is 6.87. The Bertz CT molecular complexity index is 674. The van der Waals surface area contributed by atoms with Crippen molar-refractivity contribution in [3.63, 3.8) is 0 Å². The minimum atomic E-state index is -0.307. The lowest BCUT2D eigenvalue weighted by atomic mass is 10.2. The number of hydrogen-bond acceptors (Lipinski definition) is 5. The summed E-state index contributed by atoms with van der Waals surface area (Å²) in [5.41, 5.74) is 3.71. The Kier molecular flexibility index (Phi) is 5.57. The van der Waals surface area contributed by atoms with Crippen molar-refractivity contribution < 1.29 is 19.0 Å². The van der Waals surface area contributed by atoms with Crippen LogP contribution >= 0.6 is 0 Å². The first-order chi connectivity index (χ1) is 11.2. The summed E-state index contributed by atoms with van der Waals surface area (Å²) in [5.74, 6) is 1.67. The highest BCUT2D eigenvalue weighted by Gasteiger charge is 2.04. The van der Waals surface area contributed by atoms with E-state index in [0.29, 0.717) is 22.8 Å². The molecule has 0 saturated carbocycles. The third kappa shape index (κ3) is 4.47. The van der Waals surface area contributed by atoms with Crippen molar-refractivity contribution in [3.8, 4) is 17.2 Å². The van der Waals surface area contributed by atoms with E-state index in [1.807, 2.05) is 0 Å². The maximum absolute atomic E-state index is 12.0. The molecule has 0 radical (unpaired) electrons. The number of benzene rings is 2. The van der Waals surface area contributed by atoms with Gasteiger partial charge in [0.25, 0.3) is 5.91 Å². The zero-order valence-electron chi connectivity index (χ0n) is 13.2. The van der Waals surface area contributed by atoms with Crippen LogP contribution in [0.2, 0.25) is 0 Å². The number of rotatable bonds is 6. The van der Waals surface area contributed by atoms with Crippen LogP contribution in [0.25, 0.3) is 0 Å². The molecule has 6 heteroatoms. The molecule has 0 aliphatic rings. The van der Waals surface area contributed by atoms with Gasteiger partial charge in [-0.2, -0.15) is 5.10 Å². The minimum absolute atomic E-state index is 0.307. The van der Waals surface area contributed by atoms with Crippen LogP contribution in [-0.4, -0.2) is 33.5 Å². The number of nitrogens with zero attached hydrogens (tertiary/aromatic N) is 1. The SMILES string of the molecule is COc1ccc(C(=O)N/N=C\c2cc(OC)cc(OC)c2)cc1. The van der Waals surface area contributed by atoms with Crippen LogP contribution in [0, 0.1) is 0 Å². The van der Waals surface area contributed by atoms with Crippen molar-refractivity contribution in [2.75, 3.05) is 21.3 Å². The number of ether oxygens (including phenoxy) is 3. The number of nitrogens with one attached hydrogen (secondary N) is 1. The van der Waals surface area contributed by atoms with E-state index in [1.165, 1.54) is 6.21 Å². The van der Waals surface area contributed by atoms with Crippen molar-refractivity contribution in [2.45, 2.75) is 0 Å². The fraction of sp³-hybridized carbons (Fsp3) is 0.176. The van der Waals surface area contributed by atoms with E-state index in [-0.39, 0.29) is 5.91 Å². The topological polar surface area (TPSA) is 69.2 Å². The Balaban J connectivity index is 2.04. The van der Waals surface area contributed by atoms with Crippen molar-refractivity contribution in [1.29, 1.82) is 0 Å². The van der Waals surface area contributed by atoms with Crippen molar-refractivity contribution in [2.24, 2.45) is 5.10 Å². The third-order valence-corrected chi connectivity index (χ3v) is 3.11. The fourth-order valence-corrected chi connectivity index (χ4v) is 1.88. The number of carbonyl (C=O) groups is 1. The number of methoxy groups -OCH3 is 3. The number of hydrogen-bond donors (Lipinski definition) is 1. The molecule has 0 unspecified atom stereocenters. The Morgan fingerprint density at radius 2 is 1.48 bits per heavy atom. The van der Waals surface area contributed by atoms with Crippen LogP contribution < -0.4 is 19.6 Å². The standard InChI is InChI=1S/C17H18N2O4/c1-21-14-6-4-13(5-7-14)17(20)19-18-11-12-8-15(22-2)10-16(9-12)23-3/h4-11H,1-3H3,(H,19,20)/b18-11-. The molecule has 120 valence electrons. The second kappa shape index (κ2) is 7.84. The normalized spacial score (nSPS) is 10.4. The summed E-state index contributed by atoms with van der Waals surface area (Å²) in [6.45, 7) is 0. The lowest BCUT2D eigenvalue weighted by Gasteiger charge is -2.05. The molecule has 0 heterocycles. The van der Waals surface area contributed by atoms with Crippen LogP contribution in [0.3, 0.4) is 0 Å². The summed E-state index contributed by atoms with van der Waals surface area (Å²) in [7, 11) is 4.71. The van der Waals surface area contributed by atoms with Gasteiger partial charge in [0.2, 0.25) is 0 Å². The average molecular weight is 314 g/mol. The molecule has 0 bridgehead atoms. The van der Waals surface area contributed by atoms with Gasteiger partial charge in [-0.25, -0.2) is 5.43 Å². The maximum atomic E-state index is 12.0. The highest BCUT2D eigenvalue weighted by Crippen LogP contribution is 2.21. The predicted molar refractivity (Wildman–Crippen MR) is 87.6 cm³/mol. The molecule has 0 spiro atoms. The Hall–Kier alpha value is -3.02. The molecular weight excluding hydrogens is 296 g/mol. The number of carbonyl (C=O) groups excluding carboxylic acids is 1. The molecular formula is C17H18N2O4. The van der Waals surface area contributed by atoms with E-state index >= 15 is 0 Å². The lowest BCUT2D eigenvalue weighted by Crippen LogP contribution is -2.17. The zero-order valence-corrected chi connectivity index (χ0v) is 13.2. The average Bonchev–Trinajstić information content (AvgIpc) is 2.61. The first kappa shape index (κ1) is 16.4. The third-order valence-electron chi connectivity index (χ3n) is 3.11. The Labute approximate surface area is 134 Å². The number of amides is 1. The first-order valence-corrected chi connectivity index (χ1v) is 6.87. The molecule has 0 saturated heterocycles. The molecule has 1 amide bonds. The summed E-state index contributed by atoms with van der Waals surface area (Å²) < 4.78 is 15.4. The molecule has 0 aliphatic heterocycles. The Morgan fingerprint density at radius 3 is 2.00 bits per heavy atom. The van der Waals surface area contributed by atoms with Gasteiger partial charge in [0.05, 0.1) is 27.5 Å². The smallest absolute Gasteiger partial charge is 0.271 e. The van der Waals surface area contributed by atoms with Crippen LogP contribution in [0.4, 0.5) is 0 Å². The molecule has 23 heavy (non-hydrogen) atoms. The lowest BCUT2D eigenvalue weighted by molar-refractivity contribution is 0.0955. The van der Waals surface area contributed by atoms with Gasteiger partial charge in [-0.1, -0.05) is 0 Å². The minimum Gasteiger partial charge on any atom is -0.497 e. The van der Waals surface area contributed by atoms with Gasteiger partial charge in [-0.05, 0) is 36.4 Å². The van der Waals surface area contributed by atoms with E-state index in [1.54, 1.807) is 63.8 Å². The predicted octanol–water partition coefficient (Wildman–Crippen LogP) is 2.48. The highest BCUT2D eigenvalue weighted by atomic mass is 16.5. The molecule has 6 nitrogen and oxygen atoms in total. The van der Waals surface area contributed by atoms with Crippen LogP contribution in [0.1, 0.15) is 15.9 Å². The zero-order chi connectivity index (χ0) is 16.7. The molecule has 0 aliphatic carbocycles. The second-order valence-corrected chi connectivity index (χ2v) is 4.57. The largest absolute Gasteiger partial charge is 0.497 e. The van der Waals surface area contributed by atoms with Crippen LogP contribution in [0.15, 0.2) is 47.6 Å². The molecule has 0 atom stereocenters. The molecule has 0 aromatic heterocycles. The summed E-state index contributed by atoms with van der Waals surface area (Å²) in [6, 6.07) is 12.1. The Morgan fingerprint density at radius 1 is 0.913 bits per heavy atom. The molecule has 1 N–H and O–H groups in total. The van der Waals surface area contributed by atoms with Gasteiger partial charge < -0.3 is 14.2 Å². The highest BCUT2D eigenvalue weighted by molar-refractivity contribution is 5.95. The van der Waals surface area contributed by atoms with Gasteiger partial charge in [0, 0.05) is 17.2 Å². The monoisotopic (exact) mass is 314 g/mol. The summed E-state index contributed by atoms with van der Waals surface area (Å²) in [5, 5.41) is 3.94. The number of hydrazone groups is 1. The second-order valence-electron chi connectivity index (χ2n) is 4.57. The maximum Gasteiger partial charge on any atom is 0.271 e. The molecule has 2 rings (SSSR count). The van der Waals surface area contributed by atoms with Gasteiger partial charge in [-0.3, -0.25) is 4.79 Å². The van der Waals surface area contributed by atoms with Crippen molar-refractivity contribution in [1.82, 2.24) is 5.43 Å².